The Balaban J connectivity index is 2.41. The molecular formula is C14H18N4O3. The van der Waals surface area contributed by atoms with E-state index in [4.69, 9.17) is 29.8 Å². The molecule has 2 rings (SSSR count). The lowest BCUT2D eigenvalue weighted by Crippen LogP contribution is -2.04. The van der Waals surface area contributed by atoms with Gasteiger partial charge in [-0.3, -0.25) is 0 Å². The summed E-state index contributed by atoms with van der Waals surface area (Å²) in [4.78, 5) is 7.82. The van der Waals surface area contributed by atoms with Gasteiger partial charge in [0.15, 0.2) is 11.5 Å². The van der Waals surface area contributed by atoms with Crippen LogP contribution in [0.1, 0.15) is 15.2 Å². The summed E-state index contributed by atoms with van der Waals surface area (Å²) in [6.45, 7) is 0. The van der Waals surface area contributed by atoms with Gasteiger partial charge in [0.05, 0.1) is 25.4 Å². The van der Waals surface area contributed by atoms with Crippen LogP contribution < -0.4 is 25.7 Å². The minimum atomic E-state index is -2.63. The van der Waals surface area contributed by atoms with Crippen LogP contribution in [0.25, 0.3) is 0 Å². The zero-order chi connectivity index (χ0) is 17.9. The van der Waals surface area contributed by atoms with Gasteiger partial charge in [0, 0.05) is 18.2 Å². The second-order valence-corrected chi connectivity index (χ2v) is 4.25. The molecule has 7 heteroatoms. The molecule has 0 aliphatic rings. The van der Waals surface area contributed by atoms with Crippen LogP contribution in [-0.2, 0) is 6.42 Å². The van der Waals surface area contributed by atoms with Crippen molar-refractivity contribution in [3.05, 3.63) is 29.5 Å². The topological polar surface area (TPSA) is 106 Å². The number of anilines is 2. The Morgan fingerprint density at radius 2 is 1.81 bits per heavy atom. The van der Waals surface area contributed by atoms with Gasteiger partial charge < -0.3 is 25.7 Å². The highest BCUT2D eigenvalue weighted by atomic mass is 16.6. The first kappa shape index (κ1) is 11.0. The van der Waals surface area contributed by atoms with Crippen molar-refractivity contribution < 1.29 is 18.3 Å². The van der Waals surface area contributed by atoms with E-state index in [9.17, 15) is 0 Å². The number of nitrogen functional groups attached to an aromatic ring is 2. The Bertz CT molecular complexity index is 713. The molecule has 0 atom stereocenters. The molecule has 0 fully saturated rings. The lowest BCUT2D eigenvalue weighted by atomic mass is 10.1. The fraction of sp³-hybridized carbons (Fsp3) is 0.286. The van der Waals surface area contributed by atoms with E-state index in [1.165, 1.54) is 20.4 Å². The zero-order valence-electron chi connectivity index (χ0n) is 14.7. The van der Waals surface area contributed by atoms with Crippen molar-refractivity contribution in [1.29, 1.82) is 0 Å². The number of benzene rings is 1. The predicted octanol–water partition coefficient (Wildman–Crippen LogP) is 1.26. The van der Waals surface area contributed by atoms with Crippen LogP contribution in [0, 0.1) is 0 Å². The van der Waals surface area contributed by atoms with Crippen LogP contribution in [0.4, 0.5) is 11.8 Å². The Hall–Kier alpha value is -2.70. The van der Waals surface area contributed by atoms with Gasteiger partial charge in [0.2, 0.25) is 11.7 Å². The Labute approximate surface area is 127 Å². The third-order valence-corrected chi connectivity index (χ3v) is 2.93. The van der Waals surface area contributed by atoms with Gasteiger partial charge in [-0.25, -0.2) is 4.98 Å². The summed E-state index contributed by atoms with van der Waals surface area (Å²) >= 11 is 0. The quantitative estimate of drug-likeness (QED) is 0.799. The van der Waals surface area contributed by atoms with E-state index in [2.05, 4.69) is 9.97 Å². The van der Waals surface area contributed by atoms with Crippen LogP contribution in [0.5, 0.6) is 17.2 Å². The maximum atomic E-state index is 7.25. The fourth-order valence-corrected chi connectivity index (χ4v) is 1.93. The van der Waals surface area contributed by atoms with Gasteiger partial charge in [0.1, 0.15) is 5.82 Å². The summed E-state index contributed by atoms with van der Waals surface area (Å²) in [7, 11) is 0.189. The second-order valence-electron chi connectivity index (χ2n) is 4.25. The molecule has 0 spiro atoms. The lowest BCUT2D eigenvalue weighted by Gasteiger charge is -2.14. The van der Waals surface area contributed by atoms with E-state index in [1.807, 2.05) is 0 Å². The van der Waals surface area contributed by atoms with Gasteiger partial charge in [-0.15, -0.1) is 0 Å². The van der Waals surface area contributed by atoms with E-state index >= 15 is 0 Å². The number of methoxy groups -OCH3 is 3. The van der Waals surface area contributed by atoms with Crippen molar-refractivity contribution in [3.8, 4) is 17.2 Å². The smallest absolute Gasteiger partial charge is 0.221 e. The maximum Gasteiger partial charge on any atom is 0.221 e. The Kier molecular flexibility index (Phi) is 3.23. The maximum absolute atomic E-state index is 7.25. The van der Waals surface area contributed by atoms with Crippen LogP contribution >= 0.6 is 0 Å². The second kappa shape index (κ2) is 6.17. The number of nitrogens with zero attached hydrogens (tertiary/aromatic N) is 2. The average molecular weight is 294 g/mol. The minimum Gasteiger partial charge on any atom is -0.493 e. The van der Waals surface area contributed by atoms with E-state index in [-0.39, 0.29) is 29.0 Å². The lowest BCUT2D eigenvalue weighted by molar-refractivity contribution is 0.324. The number of aromatic nitrogens is 2. The van der Waals surface area contributed by atoms with Crippen molar-refractivity contribution in [3.63, 3.8) is 0 Å². The number of hydrogen-bond donors (Lipinski definition) is 2. The van der Waals surface area contributed by atoms with E-state index in [0.717, 1.165) is 5.56 Å². The Morgan fingerprint density at radius 1 is 1.14 bits per heavy atom. The summed E-state index contributed by atoms with van der Waals surface area (Å²) in [6, 6.07) is 3.28. The molecule has 1 aromatic carbocycles. The molecule has 0 saturated heterocycles. The molecule has 0 unspecified atom stereocenters. The molecule has 7 nitrogen and oxygen atoms in total. The van der Waals surface area contributed by atoms with Gasteiger partial charge in [-0.2, -0.15) is 4.98 Å². The van der Waals surface area contributed by atoms with Gasteiger partial charge >= 0.3 is 0 Å². The van der Waals surface area contributed by atoms with Crippen LogP contribution in [0.15, 0.2) is 18.3 Å². The van der Waals surface area contributed by atoms with E-state index < -0.39 is 7.04 Å². The van der Waals surface area contributed by atoms with Crippen LogP contribution in [0.2, 0.25) is 0 Å². The third kappa shape index (κ3) is 3.07. The average Bonchev–Trinajstić information content (AvgIpc) is 2.49. The Morgan fingerprint density at radius 3 is 2.33 bits per heavy atom. The summed E-state index contributed by atoms with van der Waals surface area (Å²) in [5, 5.41) is 0. The molecule has 21 heavy (non-hydrogen) atoms. The van der Waals surface area contributed by atoms with Crippen molar-refractivity contribution in [1.82, 2.24) is 9.97 Å². The highest BCUT2D eigenvalue weighted by Crippen LogP contribution is 2.38. The van der Waals surface area contributed by atoms with Gasteiger partial charge in [-0.1, -0.05) is 0 Å². The SMILES string of the molecule is [2H][13C]([2H])([2H])Oc1c(OC)cc(Cc2cnc(N)nc2N)cc1OC. The van der Waals surface area contributed by atoms with Crippen molar-refractivity contribution in [2.24, 2.45) is 0 Å². The number of ether oxygens (including phenoxy) is 3. The predicted molar refractivity (Wildman–Crippen MR) is 79.8 cm³/mol. The van der Waals surface area contributed by atoms with Crippen molar-refractivity contribution in [2.45, 2.75) is 6.42 Å². The molecule has 0 amide bonds. The monoisotopic (exact) mass is 294 g/mol. The molecule has 0 radical (unpaired) electrons. The summed E-state index contributed by atoms with van der Waals surface area (Å²) < 4.78 is 37.2. The first-order valence-corrected chi connectivity index (χ1v) is 6.04. The molecule has 0 aliphatic carbocycles. The largest absolute Gasteiger partial charge is 0.493 e. The van der Waals surface area contributed by atoms with E-state index in [1.54, 1.807) is 12.1 Å². The highest BCUT2D eigenvalue weighted by Gasteiger charge is 2.14. The molecule has 2 aromatic rings. The minimum absolute atomic E-state index is 0.00489. The highest BCUT2D eigenvalue weighted by molar-refractivity contribution is 5.55. The van der Waals surface area contributed by atoms with Gasteiger partial charge in [-0.05, 0) is 17.7 Å². The number of rotatable bonds is 5. The van der Waals surface area contributed by atoms with Crippen LogP contribution in [0.3, 0.4) is 0 Å². The third-order valence-electron chi connectivity index (χ3n) is 2.93. The molecule has 1 aromatic heterocycles. The zero-order valence-corrected chi connectivity index (χ0v) is 11.7. The summed E-state index contributed by atoms with van der Waals surface area (Å²) in [6.07, 6.45) is 1.91. The molecule has 112 valence electrons. The number of nitrogens with two attached hydrogens (primary N) is 2. The van der Waals surface area contributed by atoms with Crippen molar-refractivity contribution >= 4 is 11.8 Å². The van der Waals surface area contributed by atoms with Crippen LogP contribution in [-0.4, -0.2) is 31.2 Å². The summed E-state index contributed by atoms with van der Waals surface area (Å²) in [5.74, 6) is 0.826. The first-order chi connectivity index (χ1) is 11.2. The molecule has 1 heterocycles. The standard InChI is InChI=1S/C14H18N4O3/c1-19-10-5-8(6-11(20-2)12(10)21-3)4-9-7-17-14(16)18-13(9)15/h5-7H,4H2,1-3H3,(H4,15,16,17,18)/i3+1D3. The molecular weight excluding hydrogens is 273 g/mol. The van der Waals surface area contributed by atoms with Crippen molar-refractivity contribution in [2.75, 3.05) is 32.7 Å². The molecule has 0 saturated carbocycles. The molecule has 0 bridgehead atoms. The molecule has 0 aliphatic heterocycles. The number of hydrogen-bond acceptors (Lipinski definition) is 7. The summed E-state index contributed by atoms with van der Waals surface area (Å²) in [5.41, 5.74) is 12.7. The van der Waals surface area contributed by atoms with E-state index in [0.29, 0.717) is 12.0 Å². The van der Waals surface area contributed by atoms with Gasteiger partial charge in [0.25, 0.3) is 0 Å². The molecule has 4 N–H and O–H groups in total. The normalized spacial score (nSPS) is 13.0. The first-order valence-electron chi connectivity index (χ1n) is 7.54. The fourth-order valence-electron chi connectivity index (χ4n) is 1.93.